The Bertz CT molecular complexity index is 315. The van der Waals surface area contributed by atoms with Crippen LogP contribution in [-0.2, 0) is 19.1 Å². The molecule has 1 unspecified atom stereocenters. The van der Waals surface area contributed by atoms with Gasteiger partial charge in [0.25, 0.3) is 0 Å². The van der Waals surface area contributed by atoms with Crippen molar-refractivity contribution in [2.75, 3.05) is 6.61 Å². The predicted octanol–water partition coefficient (Wildman–Crippen LogP) is 5.57. The van der Waals surface area contributed by atoms with Crippen LogP contribution in [0.3, 0.4) is 0 Å². The fraction of sp³-hybridized carbons (Fsp3) is 0.900. The summed E-state index contributed by atoms with van der Waals surface area (Å²) >= 11 is 0. The molecule has 24 heavy (non-hydrogen) atoms. The highest BCUT2D eigenvalue weighted by molar-refractivity contribution is 5.72. The molecule has 0 spiro atoms. The third-order valence-corrected chi connectivity index (χ3v) is 4.07. The van der Waals surface area contributed by atoms with Crippen LogP contribution in [-0.4, -0.2) is 24.6 Å². The summed E-state index contributed by atoms with van der Waals surface area (Å²) in [5.74, 6) is -0.407. The topological polar surface area (TPSA) is 52.6 Å². The van der Waals surface area contributed by atoms with Crippen molar-refractivity contribution in [3.05, 3.63) is 0 Å². The zero-order valence-corrected chi connectivity index (χ0v) is 16.1. The minimum atomic E-state index is -0.206. The Balaban J connectivity index is 3.48. The van der Waals surface area contributed by atoms with E-state index in [0.29, 0.717) is 25.9 Å². The first-order valence-electron chi connectivity index (χ1n) is 9.95. The second-order valence-corrected chi connectivity index (χ2v) is 6.64. The first-order valence-corrected chi connectivity index (χ1v) is 9.95. The summed E-state index contributed by atoms with van der Waals surface area (Å²) in [6, 6.07) is 0. The van der Waals surface area contributed by atoms with Crippen LogP contribution < -0.4 is 0 Å². The Morgan fingerprint density at radius 1 is 0.750 bits per heavy atom. The van der Waals surface area contributed by atoms with Gasteiger partial charge in [0, 0.05) is 12.8 Å². The van der Waals surface area contributed by atoms with Gasteiger partial charge in [-0.3, -0.25) is 9.59 Å². The van der Waals surface area contributed by atoms with Crippen LogP contribution in [0.25, 0.3) is 0 Å². The van der Waals surface area contributed by atoms with Crippen molar-refractivity contribution in [2.24, 2.45) is 0 Å². The predicted molar refractivity (Wildman–Crippen MR) is 97.9 cm³/mol. The Morgan fingerprint density at radius 2 is 1.33 bits per heavy atom. The third-order valence-electron chi connectivity index (χ3n) is 4.07. The van der Waals surface area contributed by atoms with E-state index < -0.39 is 0 Å². The summed E-state index contributed by atoms with van der Waals surface area (Å²) in [6.07, 6.45) is 12.5. The molecule has 4 heteroatoms. The average Bonchev–Trinajstić information content (AvgIpc) is 2.54. The lowest BCUT2D eigenvalue weighted by Crippen LogP contribution is -2.15. The van der Waals surface area contributed by atoms with Gasteiger partial charge >= 0.3 is 11.9 Å². The van der Waals surface area contributed by atoms with Gasteiger partial charge in [0.2, 0.25) is 0 Å². The Hall–Kier alpha value is -1.06. The Kier molecular flexibility index (Phi) is 16.0. The zero-order chi connectivity index (χ0) is 18.0. The van der Waals surface area contributed by atoms with Gasteiger partial charge in [0.05, 0.1) is 12.7 Å². The molecule has 0 fully saturated rings. The lowest BCUT2D eigenvalue weighted by molar-refractivity contribution is -0.149. The maximum absolute atomic E-state index is 11.7. The molecule has 0 heterocycles. The highest BCUT2D eigenvalue weighted by Gasteiger charge is 2.10. The van der Waals surface area contributed by atoms with E-state index in [1.807, 2.05) is 6.92 Å². The fourth-order valence-electron chi connectivity index (χ4n) is 2.54. The van der Waals surface area contributed by atoms with Crippen LogP contribution in [0.2, 0.25) is 0 Å². The van der Waals surface area contributed by atoms with Crippen LogP contribution in [0.5, 0.6) is 0 Å². The Morgan fingerprint density at radius 3 is 2.04 bits per heavy atom. The summed E-state index contributed by atoms with van der Waals surface area (Å²) in [5, 5.41) is 0. The molecule has 0 aliphatic heterocycles. The number of carbonyl (C=O) groups excluding carboxylic acids is 2. The molecule has 4 nitrogen and oxygen atoms in total. The Labute approximate surface area is 148 Å². The minimum Gasteiger partial charge on any atom is -0.466 e. The number of rotatable bonds is 16. The summed E-state index contributed by atoms with van der Waals surface area (Å²) in [7, 11) is 0. The van der Waals surface area contributed by atoms with Gasteiger partial charge in [0.15, 0.2) is 0 Å². The molecule has 0 radical (unpaired) electrons. The smallest absolute Gasteiger partial charge is 0.306 e. The first kappa shape index (κ1) is 22.9. The highest BCUT2D eigenvalue weighted by atomic mass is 16.5. The van der Waals surface area contributed by atoms with Gasteiger partial charge in [-0.2, -0.15) is 0 Å². The first-order chi connectivity index (χ1) is 11.6. The molecule has 0 N–H and O–H groups in total. The van der Waals surface area contributed by atoms with Crippen molar-refractivity contribution in [1.29, 1.82) is 0 Å². The number of unbranched alkanes of at least 4 members (excludes halogenated alkanes) is 7. The van der Waals surface area contributed by atoms with E-state index in [2.05, 4.69) is 13.8 Å². The normalized spacial score (nSPS) is 12.0. The molecule has 0 aromatic carbocycles. The van der Waals surface area contributed by atoms with E-state index >= 15 is 0 Å². The minimum absolute atomic E-state index is 0.0243. The van der Waals surface area contributed by atoms with Crippen LogP contribution in [0, 0.1) is 0 Å². The lowest BCUT2D eigenvalue weighted by Gasteiger charge is -2.12. The number of hydrogen-bond donors (Lipinski definition) is 0. The molecule has 0 aliphatic carbocycles. The SMILES string of the molecule is CCCCCCCCOC(=O)CCCC(=O)OC(C)CCCCC. The van der Waals surface area contributed by atoms with E-state index in [9.17, 15) is 9.59 Å². The van der Waals surface area contributed by atoms with Crippen LogP contribution in [0.4, 0.5) is 0 Å². The highest BCUT2D eigenvalue weighted by Crippen LogP contribution is 2.09. The van der Waals surface area contributed by atoms with Gasteiger partial charge in [-0.05, 0) is 32.6 Å². The summed E-state index contributed by atoms with van der Waals surface area (Å²) in [5.41, 5.74) is 0. The molecule has 0 saturated carbocycles. The lowest BCUT2D eigenvalue weighted by atomic mass is 10.1. The van der Waals surface area contributed by atoms with Gasteiger partial charge in [-0.1, -0.05) is 58.8 Å². The third kappa shape index (κ3) is 15.8. The molecule has 0 rings (SSSR count). The monoisotopic (exact) mass is 342 g/mol. The molecule has 0 amide bonds. The molecule has 1 atom stereocenters. The maximum Gasteiger partial charge on any atom is 0.306 e. The van der Waals surface area contributed by atoms with Crippen LogP contribution in [0.15, 0.2) is 0 Å². The quantitative estimate of drug-likeness (QED) is 0.272. The van der Waals surface area contributed by atoms with Gasteiger partial charge in [-0.15, -0.1) is 0 Å². The van der Waals surface area contributed by atoms with E-state index in [4.69, 9.17) is 9.47 Å². The van der Waals surface area contributed by atoms with Gasteiger partial charge in [-0.25, -0.2) is 0 Å². The van der Waals surface area contributed by atoms with Gasteiger partial charge < -0.3 is 9.47 Å². The number of ether oxygens (including phenoxy) is 2. The molecule has 0 aliphatic rings. The second-order valence-electron chi connectivity index (χ2n) is 6.64. The molecule has 142 valence electrons. The molecular weight excluding hydrogens is 304 g/mol. The molecular formula is C20H38O4. The average molecular weight is 343 g/mol. The van der Waals surface area contributed by atoms with Crippen LogP contribution >= 0.6 is 0 Å². The molecule has 0 aromatic heterocycles. The van der Waals surface area contributed by atoms with Gasteiger partial charge in [0.1, 0.15) is 0 Å². The van der Waals surface area contributed by atoms with Crippen molar-refractivity contribution in [1.82, 2.24) is 0 Å². The van der Waals surface area contributed by atoms with E-state index in [1.54, 1.807) is 0 Å². The molecule has 0 aromatic rings. The van der Waals surface area contributed by atoms with Crippen molar-refractivity contribution < 1.29 is 19.1 Å². The zero-order valence-electron chi connectivity index (χ0n) is 16.1. The number of hydrogen-bond acceptors (Lipinski definition) is 4. The van der Waals surface area contributed by atoms with Crippen LogP contribution in [0.1, 0.15) is 104 Å². The fourth-order valence-corrected chi connectivity index (χ4v) is 2.54. The maximum atomic E-state index is 11.7. The number of esters is 2. The van der Waals surface area contributed by atoms with E-state index in [-0.39, 0.29) is 18.0 Å². The van der Waals surface area contributed by atoms with Crippen molar-refractivity contribution in [3.8, 4) is 0 Å². The summed E-state index contributed by atoms with van der Waals surface area (Å²) in [4.78, 5) is 23.3. The standard InChI is InChI=1S/C20H38O4/c1-4-6-8-9-10-12-17-23-19(21)15-13-16-20(22)24-18(3)14-11-7-5-2/h18H,4-17H2,1-3H3. The number of carbonyl (C=O) groups is 2. The van der Waals surface area contributed by atoms with E-state index in [0.717, 1.165) is 25.7 Å². The summed E-state index contributed by atoms with van der Waals surface area (Å²) in [6.45, 7) is 6.79. The van der Waals surface area contributed by atoms with Crippen molar-refractivity contribution in [3.63, 3.8) is 0 Å². The van der Waals surface area contributed by atoms with Crippen molar-refractivity contribution >= 4 is 11.9 Å². The second kappa shape index (κ2) is 16.8. The van der Waals surface area contributed by atoms with E-state index in [1.165, 1.54) is 38.5 Å². The summed E-state index contributed by atoms with van der Waals surface area (Å²) < 4.78 is 10.5. The van der Waals surface area contributed by atoms with Crippen molar-refractivity contribution in [2.45, 2.75) is 110 Å². The molecule has 0 saturated heterocycles. The molecule has 0 bridgehead atoms. The largest absolute Gasteiger partial charge is 0.466 e.